The van der Waals surface area contributed by atoms with Gasteiger partial charge in [-0.25, -0.2) is 9.97 Å². The first-order valence-corrected chi connectivity index (χ1v) is 15.4. The van der Waals surface area contributed by atoms with Gasteiger partial charge in [-0.3, -0.25) is 9.59 Å². The van der Waals surface area contributed by atoms with Crippen molar-refractivity contribution in [1.82, 2.24) is 19.8 Å². The van der Waals surface area contributed by atoms with Crippen molar-refractivity contribution < 1.29 is 14.3 Å². The van der Waals surface area contributed by atoms with Gasteiger partial charge in [0.15, 0.2) is 0 Å². The monoisotopic (exact) mass is 571 g/mol. The Hall–Kier alpha value is -3.40. The number of carbonyl (C=O) groups excluding carboxylic acids is 2. The van der Waals surface area contributed by atoms with Crippen LogP contribution in [0.4, 0.5) is 11.6 Å². The number of hydrogen-bond donors (Lipinski definition) is 1. The summed E-state index contributed by atoms with van der Waals surface area (Å²) in [5.74, 6) is 2.18. The first kappa shape index (κ1) is 27.8. The van der Waals surface area contributed by atoms with E-state index < -0.39 is 0 Å². The zero-order chi connectivity index (χ0) is 28.3. The van der Waals surface area contributed by atoms with Gasteiger partial charge in [0.25, 0.3) is 5.91 Å². The van der Waals surface area contributed by atoms with Crippen LogP contribution in [-0.4, -0.2) is 77.4 Å². The molecule has 4 aromatic rings. The Bertz CT molecular complexity index is 1550. The number of likely N-dealkylation sites (tertiary alicyclic amines) is 1. The van der Waals surface area contributed by atoms with Gasteiger partial charge in [0.05, 0.1) is 23.6 Å². The average molecular weight is 572 g/mol. The van der Waals surface area contributed by atoms with E-state index in [2.05, 4.69) is 29.0 Å². The molecule has 0 spiro atoms. The molecule has 4 heterocycles. The number of Topliss-reactive ketones (excluding diaryl/α,β-unsaturated/α-hetero) is 1. The minimum Gasteiger partial charge on any atom is -0.378 e. The maximum Gasteiger partial charge on any atom is 0.264 e. The van der Waals surface area contributed by atoms with Crippen molar-refractivity contribution in [2.45, 2.75) is 33.1 Å². The lowest BCUT2D eigenvalue weighted by atomic mass is 9.91. The van der Waals surface area contributed by atoms with Crippen molar-refractivity contribution in [3.63, 3.8) is 0 Å². The Morgan fingerprint density at radius 3 is 2.68 bits per heavy atom. The summed E-state index contributed by atoms with van der Waals surface area (Å²) in [6, 6.07) is 13.9. The topological polar surface area (TPSA) is 87.7 Å². The Kier molecular flexibility index (Phi) is 8.27. The van der Waals surface area contributed by atoms with Crippen molar-refractivity contribution in [2.75, 3.05) is 51.3 Å². The number of thiophene rings is 1. The van der Waals surface area contributed by atoms with Crippen LogP contribution >= 0.6 is 11.3 Å². The summed E-state index contributed by atoms with van der Waals surface area (Å²) in [5.41, 5.74) is 2.63. The number of anilines is 2. The lowest BCUT2D eigenvalue weighted by Gasteiger charge is -2.34. The molecule has 2 aromatic heterocycles. The smallest absolute Gasteiger partial charge is 0.264 e. The lowest BCUT2D eigenvalue weighted by molar-refractivity contribution is -0.118. The van der Waals surface area contributed by atoms with Crippen LogP contribution in [0.2, 0.25) is 0 Å². The lowest BCUT2D eigenvalue weighted by Crippen LogP contribution is -2.40. The summed E-state index contributed by atoms with van der Waals surface area (Å²) in [5, 5.41) is 5.19. The third-order valence-corrected chi connectivity index (χ3v) is 9.08. The molecule has 0 aliphatic carbocycles. The molecule has 2 atom stereocenters. The van der Waals surface area contributed by atoms with Gasteiger partial charge >= 0.3 is 0 Å². The van der Waals surface area contributed by atoms with Crippen molar-refractivity contribution in [3.8, 4) is 0 Å². The maximum absolute atomic E-state index is 13.1. The molecule has 1 amide bonds. The fourth-order valence-corrected chi connectivity index (χ4v) is 7.19. The summed E-state index contributed by atoms with van der Waals surface area (Å²) >= 11 is 1.50. The van der Waals surface area contributed by atoms with Crippen molar-refractivity contribution in [2.24, 2.45) is 11.8 Å². The van der Waals surface area contributed by atoms with E-state index >= 15 is 0 Å². The number of nitrogens with zero attached hydrogens (tertiary/aromatic N) is 4. The van der Waals surface area contributed by atoms with Gasteiger partial charge in [-0.1, -0.05) is 26.0 Å². The van der Waals surface area contributed by atoms with Crippen LogP contribution in [0.5, 0.6) is 0 Å². The Balaban J connectivity index is 1.14. The molecule has 2 fully saturated rings. The van der Waals surface area contributed by atoms with Crippen LogP contribution in [0.15, 0.2) is 48.7 Å². The van der Waals surface area contributed by atoms with E-state index in [1.54, 1.807) is 6.20 Å². The van der Waals surface area contributed by atoms with E-state index in [9.17, 15) is 9.59 Å². The molecule has 0 saturated carbocycles. The van der Waals surface area contributed by atoms with Crippen LogP contribution < -0.4 is 5.32 Å². The Labute approximate surface area is 244 Å². The van der Waals surface area contributed by atoms with Gasteiger partial charge in [-0.15, -0.1) is 11.3 Å². The van der Waals surface area contributed by atoms with Gasteiger partial charge in [0, 0.05) is 72.9 Å². The second-order valence-corrected chi connectivity index (χ2v) is 12.7. The van der Waals surface area contributed by atoms with E-state index in [1.807, 2.05) is 47.4 Å². The van der Waals surface area contributed by atoms with Gasteiger partial charge in [-0.2, -0.15) is 0 Å². The molecule has 2 aliphatic heterocycles. The Morgan fingerprint density at radius 2 is 1.88 bits per heavy atom. The number of carbonyl (C=O) groups is 2. The summed E-state index contributed by atoms with van der Waals surface area (Å²) < 4.78 is 6.42. The SMILES string of the molecule is CC1CC(C)CN(CCC(=O)Cc2cccc(Nc3ncc4ccc5sc(C(=O)N6CCOCC6)cc5c4n3)c2)C1. The quantitative estimate of drug-likeness (QED) is 0.297. The standard InChI is InChI=1S/C32H37N5O3S/c1-21-14-22(2)20-36(19-21)9-8-26(38)16-23-4-3-5-25(15-23)34-32-33-18-24-6-7-28-27(30(24)35-32)17-29(41-28)31(39)37-10-12-40-13-11-37/h3-7,15,17-18,21-22H,8-14,16,19-20H2,1-2H3,(H,33,34,35). The number of morpholine rings is 1. The third kappa shape index (κ3) is 6.58. The van der Waals surface area contributed by atoms with E-state index in [-0.39, 0.29) is 11.7 Å². The molecule has 8 nitrogen and oxygen atoms in total. The number of ketones is 1. The highest BCUT2D eigenvalue weighted by Crippen LogP contribution is 2.32. The highest BCUT2D eigenvalue weighted by molar-refractivity contribution is 7.21. The molecule has 2 aliphatic rings. The number of piperidine rings is 1. The third-order valence-electron chi connectivity index (χ3n) is 7.99. The summed E-state index contributed by atoms with van der Waals surface area (Å²) in [6.07, 6.45) is 4.08. The molecule has 9 heteroatoms. The summed E-state index contributed by atoms with van der Waals surface area (Å²) in [6.45, 7) is 10.0. The summed E-state index contributed by atoms with van der Waals surface area (Å²) in [4.78, 5) is 40.3. The second kappa shape index (κ2) is 12.2. The maximum atomic E-state index is 13.1. The zero-order valence-electron chi connectivity index (χ0n) is 23.8. The van der Waals surface area contributed by atoms with Crippen molar-refractivity contribution in [1.29, 1.82) is 0 Å². The molecule has 41 heavy (non-hydrogen) atoms. The van der Waals surface area contributed by atoms with E-state index in [0.29, 0.717) is 61.8 Å². The van der Waals surface area contributed by atoms with Crippen LogP contribution in [0.25, 0.3) is 21.0 Å². The average Bonchev–Trinajstić information content (AvgIpc) is 3.41. The minimum atomic E-state index is 0.0430. The van der Waals surface area contributed by atoms with Gasteiger partial charge in [-0.05, 0) is 54.2 Å². The van der Waals surface area contributed by atoms with E-state index in [4.69, 9.17) is 9.72 Å². The number of benzene rings is 2. The van der Waals surface area contributed by atoms with Crippen LogP contribution in [0.3, 0.4) is 0 Å². The number of fused-ring (bicyclic) bond motifs is 3. The molecule has 2 saturated heterocycles. The first-order chi connectivity index (χ1) is 19.9. The Morgan fingerprint density at radius 1 is 1.07 bits per heavy atom. The zero-order valence-corrected chi connectivity index (χ0v) is 24.6. The predicted molar refractivity (Wildman–Crippen MR) is 164 cm³/mol. The number of amides is 1. The molecule has 0 radical (unpaired) electrons. The fourth-order valence-electron chi connectivity index (χ4n) is 6.16. The van der Waals surface area contributed by atoms with Gasteiger partial charge in [0.1, 0.15) is 5.78 Å². The molecule has 2 unspecified atom stereocenters. The second-order valence-electron chi connectivity index (χ2n) is 11.6. The largest absolute Gasteiger partial charge is 0.378 e. The molecule has 214 valence electrons. The molecule has 6 rings (SSSR count). The van der Waals surface area contributed by atoms with E-state index in [0.717, 1.165) is 51.9 Å². The predicted octanol–water partition coefficient (Wildman–Crippen LogP) is 5.54. The molecular formula is C32H37N5O3S. The highest BCUT2D eigenvalue weighted by Gasteiger charge is 2.23. The van der Waals surface area contributed by atoms with Crippen LogP contribution in [0, 0.1) is 11.8 Å². The number of rotatable bonds is 8. The molecular weight excluding hydrogens is 534 g/mol. The van der Waals surface area contributed by atoms with E-state index in [1.165, 1.54) is 17.8 Å². The molecule has 1 N–H and O–H groups in total. The first-order valence-electron chi connectivity index (χ1n) is 14.6. The number of nitrogens with one attached hydrogen (secondary N) is 1. The fraction of sp³-hybridized carbons (Fsp3) is 0.438. The van der Waals surface area contributed by atoms with Crippen LogP contribution in [0.1, 0.15) is 41.9 Å². The van der Waals surface area contributed by atoms with Crippen LogP contribution in [-0.2, 0) is 16.0 Å². The molecule has 0 bridgehead atoms. The number of hydrogen-bond acceptors (Lipinski definition) is 8. The number of ether oxygens (including phenoxy) is 1. The van der Waals surface area contributed by atoms with Crippen molar-refractivity contribution in [3.05, 3.63) is 59.1 Å². The summed E-state index contributed by atoms with van der Waals surface area (Å²) in [7, 11) is 0. The normalized spacial score (nSPS) is 20.0. The number of aromatic nitrogens is 2. The van der Waals surface area contributed by atoms with Gasteiger partial charge in [0.2, 0.25) is 5.95 Å². The van der Waals surface area contributed by atoms with Gasteiger partial charge < -0.3 is 19.9 Å². The molecule has 2 aromatic carbocycles. The minimum absolute atomic E-state index is 0.0430. The highest BCUT2D eigenvalue weighted by atomic mass is 32.1. The van der Waals surface area contributed by atoms with Crippen molar-refractivity contribution >= 4 is 55.7 Å².